The zero-order chi connectivity index (χ0) is 35.3. The molecule has 0 aliphatic rings. The minimum Gasteiger partial charge on any atom is -0.456 e. The molecule has 0 amide bonds. The molecular weight excluding hydrogens is 657 g/mol. The molecule has 2 aromatic heterocycles. The topological polar surface area (TPSA) is 26.3 Å². The summed E-state index contributed by atoms with van der Waals surface area (Å²) in [5, 5.41) is 14.2. The van der Waals surface area contributed by atoms with Gasteiger partial charge in [0.1, 0.15) is 22.3 Å². The van der Waals surface area contributed by atoms with Gasteiger partial charge in [-0.15, -0.1) is 0 Å². The molecular formula is C52H30O2. The molecule has 0 spiro atoms. The Morgan fingerprint density at radius 1 is 0.278 bits per heavy atom. The summed E-state index contributed by atoms with van der Waals surface area (Å²) in [7, 11) is 0. The maximum atomic E-state index is 6.65. The zero-order valence-electron chi connectivity index (χ0n) is 29.1. The van der Waals surface area contributed by atoms with Crippen molar-refractivity contribution in [3.8, 4) is 33.4 Å². The van der Waals surface area contributed by atoms with Gasteiger partial charge in [-0.2, -0.15) is 0 Å². The van der Waals surface area contributed by atoms with E-state index in [2.05, 4.69) is 170 Å². The highest BCUT2D eigenvalue weighted by atomic mass is 16.3. The number of hydrogen-bond acceptors (Lipinski definition) is 2. The first kappa shape index (κ1) is 29.4. The van der Waals surface area contributed by atoms with Gasteiger partial charge in [-0.25, -0.2) is 0 Å². The van der Waals surface area contributed by atoms with E-state index in [4.69, 9.17) is 8.83 Å². The molecule has 0 atom stereocenters. The van der Waals surface area contributed by atoms with Crippen LogP contribution < -0.4 is 0 Å². The highest BCUT2D eigenvalue weighted by Gasteiger charge is 2.19. The van der Waals surface area contributed by atoms with Gasteiger partial charge in [0.05, 0.1) is 5.39 Å². The lowest BCUT2D eigenvalue weighted by Gasteiger charge is -2.19. The number of fused-ring (bicyclic) bond motifs is 11. The molecule has 0 aliphatic heterocycles. The van der Waals surface area contributed by atoms with Crippen LogP contribution in [0.3, 0.4) is 0 Å². The normalized spacial score (nSPS) is 12.1. The van der Waals surface area contributed by atoms with Gasteiger partial charge in [0, 0.05) is 16.2 Å². The van der Waals surface area contributed by atoms with Crippen LogP contribution in [0.2, 0.25) is 0 Å². The van der Waals surface area contributed by atoms with E-state index in [1.807, 2.05) is 12.1 Å². The van der Waals surface area contributed by atoms with Gasteiger partial charge in [-0.05, 0) is 119 Å². The number of benzene rings is 10. The molecule has 0 aliphatic carbocycles. The average molecular weight is 687 g/mol. The summed E-state index contributed by atoms with van der Waals surface area (Å²) in [5.74, 6) is 0. The lowest BCUT2D eigenvalue weighted by atomic mass is 9.84. The maximum Gasteiger partial charge on any atom is 0.147 e. The molecule has 0 radical (unpaired) electrons. The maximum absolute atomic E-state index is 6.65. The van der Waals surface area contributed by atoms with E-state index in [0.29, 0.717) is 0 Å². The minimum atomic E-state index is 0.846. The molecule has 0 unspecified atom stereocenters. The third-order valence-corrected chi connectivity index (χ3v) is 11.4. The first-order valence-corrected chi connectivity index (χ1v) is 18.5. The Kier molecular flexibility index (Phi) is 6.09. The first-order valence-electron chi connectivity index (χ1n) is 18.5. The SMILES string of the molecule is c1cc(-c2ccc3cc4c(cc3c2)oc2c4ccc3oc4ccccc4c32)cc(-c2c3ccccc3c(-c3cccc4ccccc34)c3ccccc23)c1. The van der Waals surface area contributed by atoms with E-state index in [9.17, 15) is 0 Å². The number of rotatable bonds is 3. The van der Waals surface area contributed by atoms with Crippen molar-refractivity contribution in [3.05, 3.63) is 182 Å². The van der Waals surface area contributed by atoms with Crippen molar-refractivity contribution in [1.29, 1.82) is 0 Å². The van der Waals surface area contributed by atoms with Crippen molar-refractivity contribution >= 4 is 87.0 Å². The summed E-state index contributed by atoms with van der Waals surface area (Å²) in [6.45, 7) is 0. The summed E-state index contributed by atoms with van der Waals surface area (Å²) < 4.78 is 12.8. The average Bonchev–Trinajstić information content (AvgIpc) is 3.79. The van der Waals surface area contributed by atoms with Gasteiger partial charge in [0.15, 0.2) is 0 Å². The molecule has 54 heavy (non-hydrogen) atoms. The van der Waals surface area contributed by atoms with E-state index < -0.39 is 0 Å². The number of para-hydroxylation sites is 1. The molecule has 12 rings (SSSR count). The Morgan fingerprint density at radius 3 is 1.74 bits per heavy atom. The third kappa shape index (κ3) is 4.22. The Labute approximate surface area is 310 Å². The fourth-order valence-electron chi connectivity index (χ4n) is 8.99. The predicted octanol–water partition coefficient (Wildman–Crippen LogP) is 15.1. The molecule has 2 heteroatoms. The lowest BCUT2D eigenvalue weighted by Crippen LogP contribution is -1.92. The quantitative estimate of drug-likeness (QED) is 0.173. The Morgan fingerprint density at radius 2 is 0.926 bits per heavy atom. The highest BCUT2D eigenvalue weighted by molar-refractivity contribution is 6.25. The molecule has 2 nitrogen and oxygen atoms in total. The first-order chi connectivity index (χ1) is 26.8. The van der Waals surface area contributed by atoms with Crippen molar-refractivity contribution in [2.75, 3.05) is 0 Å². The van der Waals surface area contributed by atoms with Gasteiger partial charge in [-0.1, -0.05) is 140 Å². The summed E-state index contributed by atoms with van der Waals surface area (Å²) in [4.78, 5) is 0. The predicted molar refractivity (Wildman–Crippen MR) is 227 cm³/mol. The molecule has 10 aromatic carbocycles. The monoisotopic (exact) mass is 686 g/mol. The van der Waals surface area contributed by atoms with Crippen LogP contribution in [0.25, 0.3) is 120 Å². The van der Waals surface area contributed by atoms with Crippen LogP contribution in [0.1, 0.15) is 0 Å². The Bertz CT molecular complexity index is 3440. The zero-order valence-corrected chi connectivity index (χ0v) is 29.1. The molecule has 0 saturated heterocycles. The van der Waals surface area contributed by atoms with Gasteiger partial charge in [0.2, 0.25) is 0 Å². The van der Waals surface area contributed by atoms with Crippen molar-refractivity contribution in [3.63, 3.8) is 0 Å². The standard InChI is InChI=1S/C52H30O2/c1-2-15-37-31(11-1)12-10-21-38(37)50-41-18-5-3-16-39(41)49(40-17-4-6-19-42(40)50)35-14-9-13-32(27-35)33-23-24-34-29-45-43-25-26-47-51(44-20-7-8-22-46(44)53-47)52(43)54-48(45)30-36(34)28-33/h1-30H. The van der Waals surface area contributed by atoms with Crippen molar-refractivity contribution in [2.24, 2.45) is 0 Å². The van der Waals surface area contributed by atoms with Crippen LogP contribution in [0.15, 0.2) is 191 Å². The summed E-state index contributed by atoms with van der Waals surface area (Å²) in [6.07, 6.45) is 0. The van der Waals surface area contributed by atoms with Crippen molar-refractivity contribution in [2.45, 2.75) is 0 Å². The second-order valence-electron chi connectivity index (χ2n) is 14.4. The van der Waals surface area contributed by atoms with Crippen LogP contribution in [-0.4, -0.2) is 0 Å². The van der Waals surface area contributed by atoms with Crippen LogP contribution in [0, 0.1) is 0 Å². The van der Waals surface area contributed by atoms with E-state index in [-0.39, 0.29) is 0 Å². The third-order valence-electron chi connectivity index (χ3n) is 11.4. The molecule has 0 fully saturated rings. The number of furan rings is 2. The number of hydrogen-bond donors (Lipinski definition) is 0. The van der Waals surface area contributed by atoms with Gasteiger partial charge < -0.3 is 8.83 Å². The van der Waals surface area contributed by atoms with Crippen molar-refractivity contribution in [1.82, 2.24) is 0 Å². The fourth-order valence-corrected chi connectivity index (χ4v) is 8.99. The summed E-state index contributed by atoms with van der Waals surface area (Å²) >= 11 is 0. The molecule has 0 saturated carbocycles. The van der Waals surface area contributed by atoms with Gasteiger partial charge >= 0.3 is 0 Å². The Hall–Kier alpha value is -7.16. The molecule has 12 aromatic rings. The van der Waals surface area contributed by atoms with E-state index in [1.165, 1.54) is 71.1 Å². The minimum absolute atomic E-state index is 0.846. The Balaban J connectivity index is 1.03. The summed E-state index contributed by atoms with van der Waals surface area (Å²) in [6, 6.07) is 65.8. The largest absolute Gasteiger partial charge is 0.456 e. The fraction of sp³-hybridized carbons (Fsp3) is 0. The van der Waals surface area contributed by atoms with Crippen LogP contribution in [-0.2, 0) is 0 Å². The van der Waals surface area contributed by atoms with Crippen molar-refractivity contribution < 1.29 is 8.83 Å². The smallest absolute Gasteiger partial charge is 0.147 e. The van der Waals surface area contributed by atoms with E-state index in [1.54, 1.807) is 0 Å². The summed E-state index contributed by atoms with van der Waals surface area (Å²) in [5.41, 5.74) is 10.8. The molecule has 0 bridgehead atoms. The van der Waals surface area contributed by atoms with Crippen LogP contribution in [0.4, 0.5) is 0 Å². The van der Waals surface area contributed by atoms with E-state index in [0.717, 1.165) is 49.3 Å². The van der Waals surface area contributed by atoms with Gasteiger partial charge in [0.25, 0.3) is 0 Å². The van der Waals surface area contributed by atoms with Crippen LogP contribution in [0.5, 0.6) is 0 Å². The highest BCUT2D eigenvalue weighted by Crippen LogP contribution is 2.46. The van der Waals surface area contributed by atoms with Gasteiger partial charge in [-0.3, -0.25) is 0 Å². The second kappa shape index (κ2) is 11.2. The second-order valence-corrected chi connectivity index (χ2v) is 14.4. The van der Waals surface area contributed by atoms with Crippen LogP contribution >= 0.6 is 0 Å². The van der Waals surface area contributed by atoms with E-state index >= 15 is 0 Å². The molecule has 250 valence electrons. The lowest BCUT2D eigenvalue weighted by molar-refractivity contribution is 0.663. The molecule has 0 N–H and O–H groups in total. The molecule has 2 heterocycles.